The van der Waals surface area contributed by atoms with Crippen molar-refractivity contribution in [3.63, 3.8) is 0 Å². The van der Waals surface area contributed by atoms with Crippen LogP contribution in [0, 0.1) is 5.92 Å². The average Bonchev–Trinajstić information content (AvgIpc) is 2.85. The molecule has 1 aromatic carbocycles. The Balaban J connectivity index is 2.01. The van der Waals surface area contributed by atoms with Gasteiger partial charge in [-0.2, -0.15) is 0 Å². The van der Waals surface area contributed by atoms with E-state index in [1.807, 2.05) is 18.2 Å². The molecule has 1 atom stereocenters. The number of hydrogen-bond donors (Lipinski definition) is 1. The summed E-state index contributed by atoms with van der Waals surface area (Å²) in [5.74, 6) is 1.19. The van der Waals surface area contributed by atoms with Crippen molar-refractivity contribution in [2.45, 2.75) is 19.4 Å². The van der Waals surface area contributed by atoms with Crippen molar-refractivity contribution in [1.82, 2.24) is 4.90 Å². The van der Waals surface area contributed by atoms with Crippen LogP contribution in [0.1, 0.15) is 18.4 Å². The summed E-state index contributed by atoms with van der Waals surface area (Å²) in [6.07, 6.45) is 1.20. The van der Waals surface area contributed by atoms with Gasteiger partial charge in [0.05, 0.1) is 14.2 Å². The van der Waals surface area contributed by atoms with E-state index < -0.39 is 5.97 Å². The maximum Gasteiger partial charge on any atom is 0.303 e. The minimum atomic E-state index is -0.712. The molecule has 0 saturated carbocycles. The lowest BCUT2D eigenvalue weighted by Gasteiger charge is -2.18. The first-order valence-electron chi connectivity index (χ1n) is 6.77. The highest BCUT2D eigenvalue weighted by molar-refractivity contribution is 5.67. The van der Waals surface area contributed by atoms with Gasteiger partial charge < -0.3 is 14.6 Å². The van der Waals surface area contributed by atoms with Crippen LogP contribution in [0.15, 0.2) is 18.2 Å². The van der Waals surface area contributed by atoms with E-state index in [1.54, 1.807) is 14.2 Å². The molecule has 0 amide bonds. The van der Waals surface area contributed by atoms with Gasteiger partial charge in [-0.3, -0.25) is 9.69 Å². The molecule has 20 heavy (non-hydrogen) atoms. The predicted molar refractivity (Wildman–Crippen MR) is 75.2 cm³/mol. The molecule has 1 saturated heterocycles. The van der Waals surface area contributed by atoms with Gasteiger partial charge in [-0.1, -0.05) is 0 Å². The van der Waals surface area contributed by atoms with Crippen LogP contribution in [0.2, 0.25) is 0 Å². The van der Waals surface area contributed by atoms with Crippen LogP contribution in [0.25, 0.3) is 0 Å². The fourth-order valence-corrected chi connectivity index (χ4v) is 2.72. The molecule has 1 fully saturated rings. The summed E-state index contributed by atoms with van der Waals surface area (Å²) < 4.78 is 10.6. The van der Waals surface area contributed by atoms with Crippen LogP contribution in [0.3, 0.4) is 0 Å². The molecule has 1 aliphatic heterocycles. The largest absolute Gasteiger partial charge is 0.497 e. The molecule has 1 heterocycles. The van der Waals surface area contributed by atoms with Crippen LogP contribution in [0.5, 0.6) is 11.5 Å². The van der Waals surface area contributed by atoms with Crippen LogP contribution in [-0.4, -0.2) is 43.3 Å². The number of benzene rings is 1. The van der Waals surface area contributed by atoms with Gasteiger partial charge >= 0.3 is 5.97 Å². The van der Waals surface area contributed by atoms with Gasteiger partial charge in [0, 0.05) is 25.1 Å². The Morgan fingerprint density at radius 1 is 1.40 bits per heavy atom. The topological polar surface area (TPSA) is 59.0 Å². The molecule has 5 nitrogen and oxygen atoms in total. The summed E-state index contributed by atoms with van der Waals surface area (Å²) in [5.41, 5.74) is 1.07. The molecule has 0 radical (unpaired) electrons. The third-order valence-electron chi connectivity index (χ3n) is 3.71. The lowest BCUT2D eigenvalue weighted by atomic mass is 10.1. The Bertz CT molecular complexity index is 475. The maximum absolute atomic E-state index is 10.7. The summed E-state index contributed by atoms with van der Waals surface area (Å²) in [5, 5.41) is 8.85. The average molecular weight is 279 g/mol. The van der Waals surface area contributed by atoms with Crippen molar-refractivity contribution in [2.24, 2.45) is 5.92 Å². The molecule has 1 aromatic rings. The first-order valence-corrected chi connectivity index (χ1v) is 6.77. The lowest BCUT2D eigenvalue weighted by molar-refractivity contribution is -0.138. The number of ether oxygens (including phenoxy) is 2. The molecule has 1 aliphatic rings. The number of carbonyl (C=O) groups is 1. The number of nitrogens with zero attached hydrogens (tertiary/aromatic N) is 1. The van der Waals surface area contributed by atoms with E-state index in [4.69, 9.17) is 14.6 Å². The Kier molecular flexibility index (Phi) is 4.84. The molecule has 2 rings (SSSR count). The monoisotopic (exact) mass is 279 g/mol. The number of methoxy groups -OCH3 is 2. The summed E-state index contributed by atoms with van der Waals surface area (Å²) in [6.45, 7) is 2.52. The van der Waals surface area contributed by atoms with Crippen molar-refractivity contribution >= 4 is 5.97 Å². The SMILES string of the molecule is COc1ccc(OC)c(CN2CCC(CC(=O)O)C2)c1. The molecule has 1 unspecified atom stereocenters. The Labute approximate surface area is 119 Å². The minimum Gasteiger partial charge on any atom is -0.497 e. The zero-order chi connectivity index (χ0) is 14.5. The highest BCUT2D eigenvalue weighted by Crippen LogP contribution is 2.28. The van der Waals surface area contributed by atoms with Crippen LogP contribution in [0.4, 0.5) is 0 Å². The number of rotatable bonds is 6. The lowest BCUT2D eigenvalue weighted by Crippen LogP contribution is -2.21. The van der Waals surface area contributed by atoms with E-state index in [-0.39, 0.29) is 12.3 Å². The predicted octanol–water partition coefficient (Wildman–Crippen LogP) is 2.00. The second-order valence-corrected chi connectivity index (χ2v) is 5.17. The molecule has 1 N–H and O–H groups in total. The Morgan fingerprint density at radius 3 is 2.85 bits per heavy atom. The summed E-state index contributed by atoms with van der Waals surface area (Å²) in [4.78, 5) is 13.0. The van der Waals surface area contributed by atoms with Gasteiger partial charge in [-0.15, -0.1) is 0 Å². The van der Waals surface area contributed by atoms with E-state index in [1.165, 1.54) is 0 Å². The fourth-order valence-electron chi connectivity index (χ4n) is 2.72. The standard InChI is InChI=1S/C15H21NO4/c1-19-13-3-4-14(20-2)12(8-13)10-16-6-5-11(9-16)7-15(17)18/h3-4,8,11H,5-7,9-10H2,1-2H3,(H,17,18). The van der Waals surface area contributed by atoms with Crippen LogP contribution in [-0.2, 0) is 11.3 Å². The van der Waals surface area contributed by atoms with Crippen LogP contribution >= 0.6 is 0 Å². The molecule has 0 aliphatic carbocycles. The van der Waals surface area contributed by atoms with Gasteiger partial charge in [-0.05, 0) is 37.1 Å². The molecule has 0 aromatic heterocycles. The summed E-state index contributed by atoms with van der Waals surface area (Å²) in [7, 11) is 3.30. The van der Waals surface area contributed by atoms with Gasteiger partial charge in [0.25, 0.3) is 0 Å². The number of aliphatic carboxylic acids is 1. The molecular weight excluding hydrogens is 258 g/mol. The number of carboxylic acids is 1. The molecule has 0 spiro atoms. The van der Waals surface area contributed by atoms with E-state index in [2.05, 4.69) is 4.90 Å². The van der Waals surface area contributed by atoms with Gasteiger partial charge in [0.2, 0.25) is 0 Å². The summed E-state index contributed by atoms with van der Waals surface area (Å²) >= 11 is 0. The van der Waals surface area contributed by atoms with Crippen molar-refractivity contribution in [3.05, 3.63) is 23.8 Å². The normalized spacial score (nSPS) is 19.0. The zero-order valence-corrected chi connectivity index (χ0v) is 12.0. The molecular formula is C15H21NO4. The maximum atomic E-state index is 10.7. The van der Waals surface area contributed by atoms with Gasteiger partial charge in [0.1, 0.15) is 11.5 Å². The Morgan fingerprint density at radius 2 is 2.20 bits per heavy atom. The quantitative estimate of drug-likeness (QED) is 0.863. The first kappa shape index (κ1) is 14.7. The second kappa shape index (κ2) is 6.61. The highest BCUT2D eigenvalue weighted by Gasteiger charge is 2.25. The van der Waals surface area contributed by atoms with Crippen LogP contribution < -0.4 is 9.47 Å². The Hall–Kier alpha value is -1.75. The first-order chi connectivity index (χ1) is 9.62. The number of hydrogen-bond acceptors (Lipinski definition) is 4. The smallest absolute Gasteiger partial charge is 0.303 e. The van der Waals surface area contributed by atoms with Gasteiger partial charge in [0.15, 0.2) is 0 Å². The zero-order valence-electron chi connectivity index (χ0n) is 12.0. The van der Waals surface area contributed by atoms with E-state index in [0.717, 1.165) is 43.1 Å². The number of carboxylic acid groups (broad SMARTS) is 1. The number of likely N-dealkylation sites (tertiary alicyclic amines) is 1. The summed E-state index contributed by atoms with van der Waals surface area (Å²) in [6, 6.07) is 5.75. The van der Waals surface area contributed by atoms with E-state index >= 15 is 0 Å². The van der Waals surface area contributed by atoms with Crippen molar-refractivity contribution in [3.8, 4) is 11.5 Å². The fraction of sp³-hybridized carbons (Fsp3) is 0.533. The highest BCUT2D eigenvalue weighted by atomic mass is 16.5. The third kappa shape index (κ3) is 3.63. The third-order valence-corrected chi connectivity index (χ3v) is 3.71. The van der Waals surface area contributed by atoms with Crippen molar-refractivity contribution in [1.29, 1.82) is 0 Å². The van der Waals surface area contributed by atoms with Gasteiger partial charge in [-0.25, -0.2) is 0 Å². The minimum absolute atomic E-state index is 0.254. The molecule has 5 heteroatoms. The molecule has 0 bridgehead atoms. The van der Waals surface area contributed by atoms with Crippen molar-refractivity contribution in [2.75, 3.05) is 27.3 Å². The van der Waals surface area contributed by atoms with E-state index in [0.29, 0.717) is 0 Å². The van der Waals surface area contributed by atoms with Crippen molar-refractivity contribution < 1.29 is 19.4 Å². The molecule has 110 valence electrons. The second-order valence-electron chi connectivity index (χ2n) is 5.17. The van der Waals surface area contributed by atoms with E-state index in [9.17, 15) is 4.79 Å².